The van der Waals surface area contributed by atoms with E-state index in [0.717, 1.165) is 39.6 Å². The number of anilines is 1. The van der Waals surface area contributed by atoms with Crippen LogP contribution in [0.3, 0.4) is 0 Å². The topological polar surface area (TPSA) is 67.3 Å². The van der Waals surface area contributed by atoms with Gasteiger partial charge < -0.3 is 15.0 Å². The fourth-order valence-corrected chi connectivity index (χ4v) is 4.38. The highest BCUT2D eigenvalue weighted by Crippen LogP contribution is 2.35. The van der Waals surface area contributed by atoms with E-state index in [1.807, 2.05) is 6.92 Å². The molecule has 0 radical (unpaired) electrons. The van der Waals surface area contributed by atoms with Crippen LogP contribution in [-0.2, 0) is 4.74 Å². The maximum absolute atomic E-state index is 12.5. The summed E-state index contributed by atoms with van der Waals surface area (Å²) in [6.07, 6.45) is 7.90. The Morgan fingerprint density at radius 1 is 1.24 bits per heavy atom. The molecule has 3 rings (SSSR count). The Hall–Kier alpha value is -1.73. The predicted octanol–water partition coefficient (Wildman–Crippen LogP) is 3.15. The number of ether oxygens (including phenoxy) is 1. The first-order valence-electron chi connectivity index (χ1n) is 8.98. The van der Waals surface area contributed by atoms with Crippen LogP contribution in [0.5, 0.6) is 0 Å². The predicted molar refractivity (Wildman–Crippen MR) is 102 cm³/mol. The van der Waals surface area contributed by atoms with Crippen LogP contribution in [0.4, 0.5) is 5.82 Å². The third kappa shape index (κ3) is 4.10. The van der Waals surface area contributed by atoms with E-state index in [2.05, 4.69) is 20.2 Å². The molecule has 0 bridgehead atoms. The van der Waals surface area contributed by atoms with Crippen molar-refractivity contribution in [2.75, 3.05) is 38.3 Å². The number of aromatic nitrogens is 2. The Labute approximate surface area is 152 Å². The molecule has 0 aromatic carbocycles. The van der Waals surface area contributed by atoms with Gasteiger partial charge in [0.25, 0.3) is 5.91 Å². The lowest BCUT2D eigenvalue weighted by Gasteiger charge is -2.26. The molecule has 25 heavy (non-hydrogen) atoms. The van der Waals surface area contributed by atoms with Gasteiger partial charge in [-0.15, -0.1) is 11.3 Å². The van der Waals surface area contributed by atoms with Gasteiger partial charge in [0, 0.05) is 26.7 Å². The zero-order valence-corrected chi connectivity index (χ0v) is 15.8. The lowest BCUT2D eigenvalue weighted by atomic mass is 10.1. The number of hydrogen-bond acceptors (Lipinski definition) is 6. The molecule has 0 atom stereocenters. The van der Waals surface area contributed by atoms with Crippen molar-refractivity contribution >= 4 is 33.3 Å². The Morgan fingerprint density at radius 2 is 1.96 bits per heavy atom. The molecule has 2 aromatic rings. The van der Waals surface area contributed by atoms with Crippen LogP contribution >= 0.6 is 11.3 Å². The minimum atomic E-state index is -0.0591. The van der Waals surface area contributed by atoms with E-state index in [1.165, 1.54) is 43.4 Å². The quantitative estimate of drug-likeness (QED) is 0.828. The van der Waals surface area contributed by atoms with E-state index in [9.17, 15) is 4.79 Å². The second-order valence-electron chi connectivity index (χ2n) is 6.44. The van der Waals surface area contributed by atoms with Crippen molar-refractivity contribution in [3.05, 3.63) is 16.8 Å². The first-order chi connectivity index (χ1) is 12.2. The molecule has 1 saturated heterocycles. The maximum atomic E-state index is 12.5. The molecule has 0 aliphatic carbocycles. The molecular formula is C18H26N4O2S. The Morgan fingerprint density at radius 3 is 2.68 bits per heavy atom. The molecule has 136 valence electrons. The molecule has 1 aliphatic heterocycles. The van der Waals surface area contributed by atoms with Crippen molar-refractivity contribution in [2.24, 2.45) is 0 Å². The summed E-state index contributed by atoms with van der Waals surface area (Å²) in [5.74, 6) is 0.924. The zero-order valence-electron chi connectivity index (χ0n) is 15.0. The van der Waals surface area contributed by atoms with Gasteiger partial charge >= 0.3 is 0 Å². The van der Waals surface area contributed by atoms with Crippen LogP contribution in [0.25, 0.3) is 10.2 Å². The molecule has 0 saturated carbocycles. The number of carbonyl (C=O) groups excluding carboxylic acids is 1. The molecule has 1 fully saturated rings. The average molecular weight is 362 g/mol. The standard InChI is InChI=1S/C18H26N4O2S/c1-13-14-16(22-9-6-4-3-5-7-10-22)20-12-21-18(14)25-15(13)17(23)19-8-11-24-2/h12H,3-11H2,1-2H3,(H,19,23). The number of carbonyl (C=O) groups is 1. The summed E-state index contributed by atoms with van der Waals surface area (Å²) in [7, 11) is 1.63. The highest BCUT2D eigenvalue weighted by atomic mass is 32.1. The van der Waals surface area contributed by atoms with Crippen LogP contribution in [0.2, 0.25) is 0 Å². The number of nitrogens with one attached hydrogen (secondary N) is 1. The van der Waals surface area contributed by atoms with Gasteiger partial charge in [0.1, 0.15) is 17.0 Å². The summed E-state index contributed by atoms with van der Waals surface area (Å²) in [5.41, 5.74) is 0.979. The number of fused-ring (bicyclic) bond motifs is 1. The number of thiophene rings is 1. The molecule has 3 heterocycles. The third-order valence-electron chi connectivity index (χ3n) is 4.66. The van der Waals surface area contributed by atoms with Gasteiger partial charge in [-0.05, 0) is 25.3 Å². The number of amides is 1. The van der Waals surface area contributed by atoms with Crippen LogP contribution in [-0.4, -0.2) is 49.2 Å². The number of hydrogen-bond donors (Lipinski definition) is 1. The van der Waals surface area contributed by atoms with Crippen molar-refractivity contribution in [1.82, 2.24) is 15.3 Å². The van der Waals surface area contributed by atoms with Crippen LogP contribution in [0.15, 0.2) is 6.33 Å². The number of nitrogens with zero attached hydrogens (tertiary/aromatic N) is 3. The van der Waals surface area contributed by atoms with E-state index in [-0.39, 0.29) is 5.91 Å². The summed E-state index contributed by atoms with van der Waals surface area (Å²) >= 11 is 1.45. The van der Waals surface area contributed by atoms with E-state index >= 15 is 0 Å². The maximum Gasteiger partial charge on any atom is 0.261 e. The fourth-order valence-electron chi connectivity index (χ4n) is 3.32. The second kappa shape index (κ2) is 8.58. The smallest absolute Gasteiger partial charge is 0.261 e. The van der Waals surface area contributed by atoms with Crippen LogP contribution < -0.4 is 10.2 Å². The average Bonchev–Trinajstić information content (AvgIpc) is 2.92. The van der Waals surface area contributed by atoms with Gasteiger partial charge in [0.05, 0.1) is 16.9 Å². The molecule has 6 nitrogen and oxygen atoms in total. The van der Waals surface area contributed by atoms with Gasteiger partial charge in [0.15, 0.2) is 0 Å². The molecule has 2 aromatic heterocycles. The van der Waals surface area contributed by atoms with E-state index in [4.69, 9.17) is 4.74 Å². The van der Waals surface area contributed by atoms with E-state index < -0.39 is 0 Å². The second-order valence-corrected chi connectivity index (χ2v) is 7.44. The largest absolute Gasteiger partial charge is 0.383 e. The molecular weight excluding hydrogens is 336 g/mol. The van der Waals surface area contributed by atoms with Crippen LogP contribution in [0.1, 0.15) is 47.3 Å². The molecule has 7 heteroatoms. The van der Waals surface area contributed by atoms with E-state index in [1.54, 1.807) is 13.4 Å². The molecule has 1 aliphatic rings. The number of rotatable bonds is 5. The van der Waals surface area contributed by atoms with Crippen molar-refractivity contribution in [3.8, 4) is 0 Å². The molecule has 1 N–H and O–H groups in total. The summed E-state index contributed by atoms with van der Waals surface area (Å²) in [6, 6.07) is 0. The van der Waals surface area contributed by atoms with Crippen LogP contribution in [0, 0.1) is 6.92 Å². The summed E-state index contributed by atoms with van der Waals surface area (Å²) in [4.78, 5) is 25.5. The summed E-state index contributed by atoms with van der Waals surface area (Å²) < 4.78 is 5.00. The number of methoxy groups -OCH3 is 1. The monoisotopic (exact) mass is 362 g/mol. The zero-order chi connectivity index (χ0) is 17.6. The lowest BCUT2D eigenvalue weighted by molar-refractivity contribution is 0.0940. The highest BCUT2D eigenvalue weighted by molar-refractivity contribution is 7.20. The molecule has 0 spiro atoms. The van der Waals surface area contributed by atoms with Crippen molar-refractivity contribution in [1.29, 1.82) is 0 Å². The van der Waals surface area contributed by atoms with Gasteiger partial charge in [-0.1, -0.05) is 19.3 Å². The first-order valence-corrected chi connectivity index (χ1v) is 9.80. The highest BCUT2D eigenvalue weighted by Gasteiger charge is 2.22. The summed E-state index contributed by atoms with van der Waals surface area (Å²) in [6.45, 7) is 5.07. The first kappa shape index (κ1) is 18.1. The number of aryl methyl sites for hydroxylation is 1. The van der Waals surface area contributed by atoms with Crippen molar-refractivity contribution < 1.29 is 9.53 Å². The lowest BCUT2D eigenvalue weighted by Crippen LogP contribution is -2.28. The normalized spacial score (nSPS) is 15.8. The van der Waals surface area contributed by atoms with Crippen molar-refractivity contribution in [2.45, 2.75) is 39.0 Å². The van der Waals surface area contributed by atoms with E-state index in [0.29, 0.717) is 13.2 Å². The minimum Gasteiger partial charge on any atom is -0.383 e. The van der Waals surface area contributed by atoms with Gasteiger partial charge in [-0.2, -0.15) is 0 Å². The van der Waals surface area contributed by atoms with Crippen molar-refractivity contribution in [3.63, 3.8) is 0 Å². The SMILES string of the molecule is COCCNC(=O)c1sc2ncnc(N3CCCCCCC3)c2c1C. The van der Waals surface area contributed by atoms with Gasteiger partial charge in [0.2, 0.25) is 0 Å². The summed E-state index contributed by atoms with van der Waals surface area (Å²) in [5, 5.41) is 3.94. The Balaban J connectivity index is 1.91. The Kier molecular flexibility index (Phi) is 6.20. The molecule has 0 unspecified atom stereocenters. The van der Waals surface area contributed by atoms with Gasteiger partial charge in [-0.3, -0.25) is 4.79 Å². The minimum absolute atomic E-state index is 0.0591. The molecule has 1 amide bonds. The van der Waals surface area contributed by atoms with Gasteiger partial charge in [-0.25, -0.2) is 9.97 Å². The Bertz CT molecular complexity index is 723. The fraction of sp³-hybridized carbons (Fsp3) is 0.611. The third-order valence-corrected chi connectivity index (χ3v) is 5.86.